The molecule has 1 aliphatic heterocycles. The molecule has 0 unspecified atom stereocenters. The first-order chi connectivity index (χ1) is 17.5. The summed E-state index contributed by atoms with van der Waals surface area (Å²) >= 11 is 0. The Morgan fingerprint density at radius 1 is 0.861 bits per heavy atom. The fraction of sp³-hybridized carbons (Fsp3) is 0.156. The van der Waals surface area contributed by atoms with E-state index >= 15 is 0 Å². The molecule has 2 heterocycles. The molecule has 4 heteroatoms. The molecule has 4 nitrogen and oxygen atoms in total. The number of carboxylic acids is 1. The lowest BCUT2D eigenvalue weighted by Crippen LogP contribution is -2.50. The highest BCUT2D eigenvalue weighted by atomic mass is 16.4. The van der Waals surface area contributed by atoms with Gasteiger partial charge < -0.3 is 14.4 Å². The summed E-state index contributed by atoms with van der Waals surface area (Å²) in [6.07, 6.45) is 0.897. The van der Waals surface area contributed by atoms with Crippen LogP contribution in [-0.2, 0) is 11.2 Å². The van der Waals surface area contributed by atoms with Gasteiger partial charge in [0, 0.05) is 35.3 Å². The van der Waals surface area contributed by atoms with Crippen LogP contribution in [0.5, 0.6) is 0 Å². The Bertz CT molecular complexity index is 1560. The second-order valence-corrected chi connectivity index (χ2v) is 9.63. The predicted octanol–water partition coefficient (Wildman–Crippen LogP) is 7.19. The summed E-state index contributed by atoms with van der Waals surface area (Å²) in [6, 6.07) is 33.7. The molecule has 0 saturated carbocycles. The van der Waals surface area contributed by atoms with Crippen molar-refractivity contribution in [3.8, 4) is 22.5 Å². The van der Waals surface area contributed by atoms with Crippen LogP contribution in [0.1, 0.15) is 16.7 Å². The van der Waals surface area contributed by atoms with Gasteiger partial charge in [0.2, 0.25) is 0 Å². The molecule has 178 valence electrons. The average Bonchev–Trinajstić information content (AvgIpc) is 3.27. The van der Waals surface area contributed by atoms with Crippen molar-refractivity contribution >= 4 is 22.6 Å². The van der Waals surface area contributed by atoms with E-state index in [1.54, 1.807) is 0 Å². The minimum Gasteiger partial charge on any atom is -0.481 e. The van der Waals surface area contributed by atoms with Gasteiger partial charge in [-0.05, 0) is 59.9 Å². The summed E-state index contributed by atoms with van der Waals surface area (Å²) in [4.78, 5) is 13.4. The Hall–Kier alpha value is -4.31. The summed E-state index contributed by atoms with van der Waals surface area (Å²) in [6.45, 7) is 3.21. The van der Waals surface area contributed by atoms with Crippen LogP contribution < -0.4 is 4.90 Å². The number of furan rings is 1. The number of aliphatic carboxylic acids is 1. The van der Waals surface area contributed by atoms with Crippen molar-refractivity contribution in [1.82, 2.24) is 0 Å². The highest BCUT2D eigenvalue weighted by molar-refractivity contribution is 5.86. The molecule has 0 atom stereocenters. The SMILES string of the molecule is Cc1cc(-c2ccccc2N2CC(C(=O)O)C2)ccc1-c1cc2cc(Cc3ccccc3)ccc2o1. The molecule has 0 spiro atoms. The Morgan fingerprint density at radius 3 is 2.42 bits per heavy atom. The van der Waals surface area contributed by atoms with E-state index in [1.165, 1.54) is 11.1 Å². The van der Waals surface area contributed by atoms with Crippen LogP contribution in [0.4, 0.5) is 5.69 Å². The summed E-state index contributed by atoms with van der Waals surface area (Å²) in [5, 5.41) is 10.4. The first-order valence-corrected chi connectivity index (χ1v) is 12.3. The smallest absolute Gasteiger partial charge is 0.310 e. The summed E-state index contributed by atoms with van der Waals surface area (Å²) in [7, 11) is 0. The van der Waals surface area contributed by atoms with Crippen molar-refractivity contribution in [2.45, 2.75) is 13.3 Å². The van der Waals surface area contributed by atoms with Crippen LogP contribution in [0.3, 0.4) is 0 Å². The Balaban J connectivity index is 1.28. The zero-order valence-electron chi connectivity index (χ0n) is 20.1. The molecule has 1 fully saturated rings. The number of anilines is 1. The standard InChI is InChI=1S/C32H27NO3/c1-21-15-24(28-9-5-6-10-29(28)33-19-26(20-33)32(34)35)12-13-27(21)31-18-25-17-23(11-14-30(25)36-31)16-22-7-3-2-4-8-22/h2-15,17-18,26H,16,19-20H2,1H3,(H,34,35). The van der Waals surface area contributed by atoms with Crippen LogP contribution in [0.25, 0.3) is 33.4 Å². The van der Waals surface area contributed by atoms with Crippen LogP contribution in [0, 0.1) is 12.8 Å². The number of rotatable bonds is 6. The van der Waals surface area contributed by atoms with Gasteiger partial charge in [-0.2, -0.15) is 0 Å². The van der Waals surface area contributed by atoms with Gasteiger partial charge in [0.05, 0.1) is 5.92 Å². The van der Waals surface area contributed by atoms with Gasteiger partial charge in [-0.15, -0.1) is 0 Å². The summed E-state index contributed by atoms with van der Waals surface area (Å²) < 4.78 is 6.24. The molecule has 0 radical (unpaired) electrons. The van der Waals surface area contributed by atoms with Crippen molar-refractivity contribution in [2.24, 2.45) is 5.92 Å². The third kappa shape index (κ3) is 4.16. The van der Waals surface area contributed by atoms with Crippen molar-refractivity contribution in [1.29, 1.82) is 0 Å². The molecule has 6 rings (SSSR count). The molecule has 36 heavy (non-hydrogen) atoms. The maximum atomic E-state index is 11.3. The lowest BCUT2D eigenvalue weighted by Gasteiger charge is -2.39. The van der Waals surface area contributed by atoms with E-state index in [4.69, 9.17) is 4.42 Å². The number of benzene rings is 4. The molecule has 0 bridgehead atoms. The van der Waals surface area contributed by atoms with Crippen molar-refractivity contribution < 1.29 is 14.3 Å². The van der Waals surface area contributed by atoms with Crippen molar-refractivity contribution in [2.75, 3.05) is 18.0 Å². The molecular formula is C32H27NO3. The highest BCUT2D eigenvalue weighted by Gasteiger charge is 2.33. The largest absolute Gasteiger partial charge is 0.481 e. The van der Waals surface area contributed by atoms with E-state index < -0.39 is 5.97 Å². The second-order valence-electron chi connectivity index (χ2n) is 9.63. The first-order valence-electron chi connectivity index (χ1n) is 12.3. The normalized spacial score (nSPS) is 13.6. The fourth-order valence-corrected chi connectivity index (χ4v) is 5.10. The second kappa shape index (κ2) is 9.04. The molecule has 0 aliphatic carbocycles. The quantitative estimate of drug-likeness (QED) is 0.284. The third-order valence-corrected chi connectivity index (χ3v) is 7.11. The maximum Gasteiger partial charge on any atom is 0.310 e. The van der Waals surface area contributed by atoms with Gasteiger partial charge >= 0.3 is 5.97 Å². The Kier molecular flexibility index (Phi) is 5.57. The molecule has 0 amide bonds. The molecule has 5 aromatic rings. The van der Waals surface area contributed by atoms with Crippen LogP contribution >= 0.6 is 0 Å². The third-order valence-electron chi connectivity index (χ3n) is 7.11. The summed E-state index contributed by atoms with van der Waals surface area (Å²) in [5.74, 6) is -0.142. The minimum atomic E-state index is -0.720. The monoisotopic (exact) mass is 473 g/mol. The van der Waals surface area contributed by atoms with Crippen LogP contribution in [-0.4, -0.2) is 24.2 Å². The van der Waals surface area contributed by atoms with E-state index in [0.29, 0.717) is 13.1 Å². The first kappa shape index (κ1) is 22.2. The van der Waals surface area contributed by atoms with Crippen molar-refractivity contribution in [3.05, 3.63) is 114 Å². The van der Waals surface area contributed by atoms with Gasteiger partial charge in [0.1, 0.15) is 11.3 Å². The van der Waals surface area contributed by atoms with Gasteiger partial charge in [0.15, 0.2) is 0 Å². The predicted molar refractivity (Wildman–Crippen MR) is 144 cm³/mol. The van der Waals surface area contributed by atoms with Gasteiger partial charge in [-0.25, -0.2) is 0 Å². The molecule has 1 aromatic heterocycles. The van der Waals surface area contributed by atoms with Crippen LogP contribution in [0.15, 0.2) is 101 Å². The summed E-state index contributed by atoms with van der Waals surface area (Å²) in [5.41, 5.74) is 8.98. The zero-order chi connectivity index (χ0) is 24.6. The van der Waals surface area contributed by atoms with Gasteiger partial charge in [-0.3, -0.25) is 4.79 Å². The highest BCUT2D eigenvalue weighted by Crippen LogP contribution is 2.38. The van der Waals surface area contributed by atoms with E-state index in [9.17, 15) is 9.90 Å². The number of fused-ring (bicyclic) bond motifs is 1. The maximum absolute atomic E-state index is 11.3. The number of hydrogen-bond acceptors (Lipinski definition) is 3. The number of hydrogen-bond donors (Lipinski definition) is 1. The van der Waals surface area contributed by atoms with E-state index in [0.717, 1.165) is 51.1 Å². The van der Waals surface area contributed by atoms with E-state index in [2.05, 4.69) is 90.7 Å². The number of para-hydroxylation sites is 1. The van der Waals surface area contributed by atoms with Gasteiger partial charge in [-0.1, -0.05) is 72.8 Å². The molecule has 4 aromatic carbocycles. The number of nitrogens with zero attached hydrogens (tertiary/aromatic N) is 1. The Morgan fingerprint density at radius 2 is 1.64 bits per heavy atom. The average molecular weight is 474 g/mol. The van der Waals surface area contributed by atoms with Crippen LogP contribution in [0.2, 0.25) is 0 Å². The zero-order valence-corrected chi connectivity index (χ0v) is 20.1. The van der Waals surface area contributed by atoms with E-state index in [1.807, 2.05) is 18.2 Å². The minimum absolute atomic E-state index is 0.288. The number of carboxylic acid groups (broad SMARTS) is 1. The topological polar surface area (TPSA) is 53.7 Å². The lowest BCUT2D eigenvalue weighted by molar-refractivity contribution is -0.142. The molecular weight excluding hydrogens is 446 g/mol. The van der Waals surface area contributed by atoms with Crippen molar-refractivity contribution in [3.63, 3.8) is 0 Å². The Labute approximate surface area is 210 Å². The van der Waals surface area contributed by atoms with E-state index in [-0.39, 0.29) is 5.92 Å². The number of carbonyl (C=O) groups is 1. The lowest BCUT2D eigenvalue weighted by atomic mass is 9.94. The number of aryl methyl sites for hydroxylation is 1. The molecule has 1 N–H and O–H groups in total. The fourth-order valence-electron chi connectivity index (χ4n) is 5.10. The molecule has 1 saturated heterocycles. The van der Waals surface area contributed by atoms with Gasteiger partial charge in [0.25, 0.3) is 0 Å². The molecule has 1 aliphatic rings.